The van der Waals surface area contributed by atoms with Crippen LogP contribution in [0.25, 0.3) is 0 Å². The second-order valence-corrected chi connectivity index (χ2v) is 21.6. The zero-order chi connectivity index (χ0) is 52.7. The highest BCUT2D eigenvalue weighted by atomic mass is 31.2. The van der Waals surface area contributed by atoms with Crippen molar-refractivity contribution in [3.8, 4) is 0 Å². The highest BCUT2D eigenvalue weighted by Crippen LogP contribution is 2.43. The third kappa shape index (κ3) is 52.6. The third-order valence-electron chi connectivity index (χ3n) is 13.1. The first-order valence-electron chi connectivity index (χ1n) is 29.9. The van der Waals surface area contributed by atoms with Gasteiger partial charge in [-0.2, -0.15) is 0 Å². The zero-order valence-electron chi connectivity index (χ0n) is 46.7. The lowest BCUT2D eigenvalue weighted by atomic mass is 10.0. The fourth-order valence-corrected chi connectivity index (χ4v) is 9.27. The number of aliphatic hydroxyl groups excluding tert-OH is 1. The molecule has 0 radical (unpaired) electrons. The Labute approximate surface area is 441 Å². The smallest absolute Gasteiger partial charge is 0.462 e. The summed E-state index contributed by atoms with van der Waals surface area (Å²) in [6, 6.07) is 0. The summed E-state index contributed by atoms with van der Waals surface area (Å²) < 4.78 is 39.5. The van der Waals surface area contributed by atoms with Gasteiger partial charge in [0.25, 0.3) is 0 Å². The molecule has 0 bridgehead atoms. The van der Waals surface area contributed by atoms with Crippen LogP contribution in [0.3, 0.4) is 0 Å². The topological polar surface area (TPSA) is 155 Å². The Morgan fingerprint density at radius 3 is 1.07 bits per heavy atom. The molecule has 0 rings (SSSR count). The molecule has 12 heteroatoms. The Morgan fingerprint density at radius 2 is 0.681 bits per heavy atom. The molecule has 422 valence electrons. The van der Waals surface area contributed by atoms with Crippen molar-refractivity contribution in [2.24, 2.45) is 0 Å². The molecule has 3 atom stereocenters. The van der Waals surface area contributed by atoms with Crippen molar-refractivity contribution in [3.05, 3.63) is 36.5 Å². The summed E-state index contributed by atoms with van der Waals surface area (Å²) in [6.07, 6.45) is 56.7. The lowest BCUT2D eigenvalue weighted by molar-refractivity contribution is -0.161. The van der Waals surface area contributed by atoms with E-state index in [1.165, 1.54) is 141 Å². The van der Waals surface area contributed by atoms with Gasteiger partial charge in [0, 0.05) is 19.3 Å². The van der Waals surface area contributed by atoms with Crippen molar-refractivity contribution >= 4 is 25.7 Å². The van der Waals surface area contributed by atoms with Gasteiger partial charge in [0.1, 0.15) is 12.7 Å². The monoisotopic (exact) mass is 1040 g/mol. The predicted octanol–water partition coefficient (Wildman–Crippen LogP) is 17.6. The number of ether oxygens (including phenoxy) is 3. The van der Waals surface area contributed by atoms with Gasteiger partial charge in [-0.15, -0.1) is 0 Å². The van der Waals surface area contributed by atoms with Crippen LogP contribution < -0.4 is 0 Å². The number of unbranched alkanes of at least 4 members (excludes halogenated alkanes) is 33. The van der Waals surface area contributed by atoms with Crippen molar-refractivity contribution in [2.45, 2.75) is 303 Å². The Hall–Kier alpha value is -2.30. The first-order valence-corrected chi connectivity index (χ1v) is 31.4. The van der Waals surface area contributed by atoms with E-state index in [9.17, 15) is 28.9 Å². The van der Waals surface area contributed by atoms with Crippen molar-refractivity contribution in [2.75, 3.05) is 26.4 Å². The summed E-state index contributed by atoms with van der Waals surface area (Å²) in [5, 5.41) is 9.82. The molecule has 72 heavy (non-hydrogen) atoms. The SMILES string of the molecule is CCCCC/C=C\C/C=C\C/C=C\CCCCCCCCC(=O)OC(COC(=O)CCCCCCCCCCCCC)COP(=O)(O)OCC(CO)OC(=O)CCCCCCCCCCCCCCCCC. The van der Waals surface area contributed by atoms with Crippen LogP contribution in [-0.2, 0) is 42.2 Å². The highest BCUT2D eigenvalue weighted by molar-refractivity contribution is 7.47. The Kier molecular flexibility index (Phi) is 53.2. The summed E-state index contributed by atoms with van der Waals surface area (Å²) in [7, 11) is -4.74. The molecule has 0 saturated carbocycles. The lowest BCUT2D eigenvalue weighted by Gasteiger charge is -2.21. The van der Waals surface area contributed by atoms with Crippen LogP contribution in [0, 0.1) is 0 Å². The number of esters is 3. The minimum absolute atomic E-state index is 0.157. The number of aliphatic hydroxyl groups is 1. The van der Waals surface area contributed by atoms with E-state index < -0.39 is 57.8 Å². The summed E-state index contributed by atoms with van der Waals surface area (Å²) in [5.74, 6) is -1.46. The van der Waals surface area contributed by atoms with Gasteiger partial charge in [-0.25, -0.2) is 4.57 Å². The predicted molar refractivity (Wildman–Crippen MR) is 298 cm³/mol. The molecule has 0 fully saturated rings. The van der Waals surface area contributed by atoms with Crippen LogP contribution in [0.4, 0.5) is 0 Å². The van der Waals surface area contributed by atoms with Gasteiger partial charge in [-0.3, -0.25) is 23.4 Å². The molecule has 0 heterocycles. The molecule has 0 aliphatic carbocycles. The van der Waals surface area contributed by atoms with E-state index in [0.29, 0.717) is 19.3 Å². The number of carbonyl (C=O) groups is 3. The second-order valence-electron chi connectivity index (χ2n) is 20.2. The van der Waals surface area contributed by atoms with Gasteiger partial charge in [-0.05, 0) is 57.8 Å². The van der Waals surface area contributed by atoms with Crippen molar-refractivity contribution in [3.63, 3.8) is 0 Å². The van der Waals surface area contributed by atoms with Crippen molar-refractivity contribution < 1.29 is 52.2 Å². The van der Waals surface area contributed by atoms with Gasteiger partial charge in [0.05, 0.1) is 19.8 Å². The van der Waals surface area contributed by atoms with E-state index in [0.717, 1.165) is 89.9 Å². The van der Waals surface area contributed by atoms with E-state index in [1.807, 2.05) is 0 Å². The molecule has 0 aromatic carbocycles. The number of phosphoric acid groups is 1. The average Bonchev–Trinajstić information content (AvgIpc) is 3.37. The van der Waals surface area contributed by atoms with E-state index in [4.69, 9.17) is 23.3 Å². The fraction of sp³-hybridized carbons (Fsp3) is 0.850. The minimum Gasteiger partial charge on any atom is -0.462 e. The number of allylic oxidation sites excluding steroid dienone is 6. The minimum atomic E-state index is -4.74. The highest BCUT2D eigenvalue weighted by Gasteiger charge is 2.28. The van der Waals surface area contributed by atoms with Crippen LogP contribution in [0.1, 0.15) is 290 Å². The maximum Gasteiger partial charge on any atom is 0.472 e. The molecule has 0 aliphatic heterocycles. The van der Waals surface area contributed by atoms with Crippen LogP contribution in [0.2, 0.25) is 0 Å². The number of hydrogen-bond acceptors (Lipinski definition) is 10. The van der Waals surface area contributed by atoms with Gasteiger partial charge in [0.15, 0.2) is 6.10 Å². The van der Waals surface area contributed by atoms with Crippen molar-refractivity contribution in [1.82, 2.24) is 0 Å². The number of carbonyl (C=O) groups excluding carboxylic acids is 3. The van der Waals surface area contributed by atoms with Crippen LogP contribution >= 0.6 is 7.82 Å². The van der Waals surface area contributed by atoms with E-state index >= 15 is 0 Å². The average molecular weight is 1040 g/mol. The Balaban J connectivity index is 4.66. The van der Waals surface area contributed by atoms with Gasteiger partial charge in [0.2, 0.25) is 0 Å². The van der Waals surface area contributed by atoms with E-state index in [1.54, 1.807) is 0 Å². The maximum atomic E-state index is 12.9. The van der Waals surface area contributed by atoms with E-state index in [2.05, 4.69) is 57.2 Å². The molecule has 2 N–H and O–H groups in total. The van der Waals surface area contributed by atoms with Gasteiger partial charge in [-0.1, -0.05) is 250 Å². The van der Waals surface area contributed by atoms with Crippen LogP contribution in [0.5, 0.6) is 0 Å². The van der Waals surface area contributed by atoms with E-state index in [-0.39, 0.29) is 25.9 Å². The molecular formula is C60H111O11P. The molecule has 0 aliphatic rings. The molecule has 0 spiro atoms. The van der Waals surface area contributed by atoms with Gasteiger partial charge < -0.3 is 24.2 Å². The Morgan fingerprint density at radius 1 is 0.389 bits per heavy atom. The Bertz CT molecular complexity index is 1350. The molecule has 11 nitrogen and oxygen atoms in total. The summed E-state index contributed by atoms with van der Waals surface area (Å²) in [5.41, 5.74) is 0. The summed E-state index contributed by atoms with van der Waals surface area (Å²) in [6.45, 7) is 4.64. The molecule has 0 saturated heterocycles. The lowest BCUT2D eigenvalue weighted by Crippen LogP contribution is -2.30. The maximum absolute atomic E-state index is 12.9. The van der Waals surface area contributed by atoms with Crippen LogP contribution in [0.15, 0.2) is 36.5 Å². The van der Waals surface area contributed by atoms with Crippen LogP contribution in [-0.4, -0.2) is 66.5 Å². The molecule has 0 aromatic heterocycles. The normalized spacial score (nSPS) is 13.6. The molecule has 0 amide bonds. The first-order chi connectivity index (χ1) is 35.2. The first kappa shape index (κ1) is 69.7. The molecular weight excluding hydrogens is 928 g/mol. The standard InChI is InChI=1S/C60H111O11P/c1-4-7-10-13-16-19-22-24-26-27-28-29-31-33-36-39-42-45-48-51-60(64)71-57(53-67-58(62)49-46-43-40-37-34-21-18-15-12-9-6-3)55-69-72(65,66)68-54-56(52-61)70-59(63)50-47-44-41-38-35-32-30-25-23-20-17-14-11-8-5-2/h16,19,24,26,28-29,56-57,61H,4-15,17-18,20-23,25,27,30-55H2,1-3H3,(H,65,66)/b19-16-,26-24-,29-28-. The quantitative estimate of drug-likeness (QED) is 0.0197. The largest absolute Gasteiger partial charge is 0.472 e. The zero-order valence-corrected chi connectivity index (χ0v) is 47.6. The van der Waals surface area contributed by atoms with Crippen molar-refractivity contribution in [1.29, 1.82) is 0 Å². The third-order valence-corrected chi connectivity index (χ3v) is 14.0. The number of phosphoric ester groups is 1. The summed E-state index contributed by atoms with van der Waals surface area (Å²) >= 11 is 0. The van der Waals surface area contributed by atoms with Gasteiger partial charge >= 0.3 is 25.7 Å². The number of rotatable bonds is 56. The second kappa shape index (κ2) is 54.9. The number of hydrogen-bond donors (Lipinski definition) is 2. The summed E-state index contributed by atoms with van der Waals surface area (Å²) in [4.78, 5) is 48.5. The molecule has 0 aromatic rings. The molecule has 3 unspecified atom stereocenters. The fourth-order valence-electron chi connectivity index (χ4n) is 8.48.